The van der Waals surface area contributed by atoms with Crippen molar-refractivity contribution in [2.24, 2.45) is 0 Å². The van der Waals surface area contributed by atoms with Crippen LogP contribution in [0.1, 0.15) is 36.3 Å². The van der Waals surface area contributed by atoms with Crippen molar-refractivity contribution >= 4 is 5.97 Å². The number of carbonyl (C=O) groups excluding carboxylic acids is 1. The smallest absolute Gasteiger partial charge is 0.323 e. The molecule has 1 aromatic rings. The fraction of sp³-hybridized carbons (Fsp3) is 0.692. The standard InChI is InChI=1S/C13H20N2O3/c1-9-11(10(2)18-14-9)8-15-7-5-4-6-12(15)13(16)17-3/h12H,4-8H2,1-3H3. The van der Waals surface area contributed by atoms with Gasteiger partial charge in [-0.2, -0.15) is 0 Å². The van der Waals surface area contributed by atoms with Gasteiger partial charge in [0.05, 0.1) is 12.8 Å². The molecular weight excluding hydrogens is 232 g/mol. The summed E-state index contributed by atoms with van der Waals surface area (Å²) in [6, 6.07) is -0.127. The largest absolute Gasteiger partial charge is 0.468 e. The molecule has 1 unspecified atom stereocenters. The molecule has 1 atom stereocenters. The Labute approximate surface area is 107 Å². The van der Waals surface area contributed by atoms with E-state index in [0.29, 0.717) is 6.54 Å². The number of hydrogen-bond donors (Lipinski definition) is 0. The molecule has 2 heterocycles. The third kappa shape index (κ3) is 2.56. The Morgan fingerprint density at radius 1 is 1.50 bits per heavy atom. The van der Waals surface area contributed by atoms with Gasteiger partial charge in [0.25, 0.3) is 0 Å². The Morgan fingerprint density at radius 3 is 2.89 bits per heavy atom. The van der Waals surface area contributed by atoms with E-state index in [1.807, 2.05) is 13.8 Å². The van der Waals surface area contributed by atoms with Gasteiger partial charge in [-0.25, -0.2) is 0 Å². The lowest BCUT2D eigenvalue weighted by Crippen LogP contribution is -2.44. The van der Waals surface area contributed by atoms with Gasteiger partial charge in [-0.15, -0.1) is 0 Å². The van der Waals surface area contributed by atoms with Crippen LogP contribution in [0.5, 0.6) is 0 Å². The molecule has 0 spiro atoms. The van der Waals surface area contributed by atoms with Crippen molar-refractivity contribution in [1.29, 1.82) is 0 Å². The normalized spacial score (nSPS) is 20.9. The van der Waals surface area contributed by atoms with E-state index in [4.69, 9.17) is 9.26 Å². The average molecular weight is 252 g/mol. The number of methoxy groups -OCH3 is 1. The highest BCUT2D eigenvalue weighted by Crippen LogP contribution is 2.23. The highest BCUT2D eigenvalue weighted by Gasteiger charge is 2.30. The van der Waals surface area contributed by atoms with E-state index in [1.165, 1.54) is 7.11 Å². The van der Waals surface area contributed by atoms with E-state index < -0.39 is 0 Å². The number of nitrogens with zero attached hydrogens (tertiary/aromatic N) is 2. The summed E-state index contributed by atoms with van der Waals surface area (Å²) >= 11 is 0. The first kappa shape index (κ1) is 13.1. The molecule has 1 fully saturated rings. The van der Waals surface area contributed by atoms with Crippen LogP contribution in [0.2, 0.25) is 0 Å². The maximum absolute atomic E-state index is 11.8. The van der Waals surface area contributed by atoms with Crippen molar-refractivity contribution in [2.75, 3.05) is 13.7 Å². The van der Waals surface area contributed by atoms with Crippen LogP contribution in [0.25, 0.3) is 0 Å². The van der Waals surface area contributed by atoms with Crippen LogP contribution in [0.15, 0.2) is 4.52 Å². The molecule has 0 aromatic carbocycles. The van der Waals surface area contributed by atoms with Crippen molar-refractivity contribution in [3.63, 3.8) is 0 Å². The van der Waals surface area contributed by atoms with Crippen LogP contribution in [0.4, 0.5) is 0 Å². The summed E-state index contributed by atoms with van der Waals surface area (Å²) < 4.78 is 10.0. The second-order valence-corrected chi connectivity index (χ2v) is 4.81. The number of aromatic nitrogens is 1. The zero-order chi connectivity index (χ0) is 13.1. The minimum Gasteiger partial charge on any atom is -0.468 e. The quantitative estimate of drug-likeness (QED) is 0.768. The van der Waals surface area contributed by atoms with E-state index in [-0.39, 0.29) is 12.0 Å². The molecule has 0 aliphatic carbocycles. The minimum absolute atomic E-state index is 0.127. The number of carbonyl (C=O) groups is 1. The molecule has 1 aliphatic heterocycles. The molecular formula is C13H20N2O3. The van der Waals surface area contributed by atoms with Crippen molar-refractivity contribution in [2.45, 2.75) is 45.7 Å². The summed E-state index contributed by atoms with van der Waals surface area (Å²) in [5.74, 6) is 0.697. The summed E-state index contributed by atoms with van der Waals surface area (Å²) in [6.07, 6.45) is 3.07. The molecule has 5 heteroatoms. The van der Waals surface area contributed by atoms with E-state index in [0.717, 1.165) is 42.8 Å². The molecule has 0 bridgehead atoms. The molecule has 0 saturated carbocycles. The number of hydrogen-bond acceptors (Lipinski definition) is 5. The molecule has 2 rings (SSSR count). The monoisotopic (exact) mass is 252 g/mol. The zero-order valence-corrected chi connectivity index (χ0v) is 11.2. The van der Waals surface area contributed by atoms with Gasteiger partial charge in [-0.1, -0.05) is 11.6 Å². The number of esters is 1. The van der Waals surface area contributed by atoms with E-state index in [9.17, 15) is 4.79 Å². The Kier molecular flexibility index (Phi) is 4.01. The first-order valence-electron chi connectivity index (χ1n) is 6.37. The van der Waals surface area contributed by atoms with Gasteiger partial charge in [0.15, 0.2) is 0 Å². The van der Waals surface area contributed by atoms with Gasteiger partial charge in [0.2, 0.25) is 0 Å². The second-order valence-electron chi connectivity index (χ2n) is 4.81. The van der Waals surface area contributed by atoms with Crippen molar-refractivity contribution in [3.05, 3.63) is 17.0 Å². The summed E-state index contributed by atoms with van der Waals surface area (Å²) in [5, 5.41) is 3.95. The fourth-order valence-corrected chi connectivity index (χ4v) is 2.51. The molecule has 0 N–H and O–H groups in total. The fourth-order valence-electron chi connectivity index (χ4n) is 2.51. The van der Waals surface area contributed by atoms with Gasteiger partial charge < -0.3 is 9.26 Å². The molecule has 100 valence electrons. The number of ether oxygens (including phenoxy) is 1. The van der Waals surface area contributed by atoms with Gasteiger partial charge >= 0.3 is 5.97 Å². The summed E-state index contributed by atoms with van der Waals surface area (Å²) in [6.45, 7) is 5.47. The number of rotatable bonds is 3. The first-order valence-corrected chi connectivity index (χ1v) is 6.37. The second kappa shape index (κ2) is 5.52. The Hall–Kier alpha value is -1.36. The highest BCUT2D eigenvalue weighted by molar-refractivity contribution is 5.75. The molecule has 1 saturated heterocycles. The van der Waals surface area contributed by atoms with Crippen LogP contribution in [0.3, 0.4) is 0 Å². The van der Waals surface area contributed by atoms with Crippen molar-refractivity contribution in [1.82, 2.24) is 10.1 Å². The van der Waals surface area contributed by atoms with Crippen LogP contribution in [0, 0.1) is 13.8 Å². The molecule has 1 aromatic heterocycles. The molecule has 0 radical (unpaired) electrons. The van der Waals surface area contributed by atoms with E-state index >= 15 is 0 Å². The Balaban J connectivity index is 2.13. The van der Waals surface area contributed by atoms with Gasteiger partial charge in [0, 0.05) is 12.1 Å². The summed E-state index contributed by atoms with van der Waals surface area (Å²) in [4.78, 5) is 13.9. The summed E-state index contributed by atoms with van der Waals surface area (Å²) in [5.41, 5.74) is 1.99. The molecule has 0 amide bonds. The summed E-state index contributed by atoms with van der Waals surface area (Å²) in [7, 11) is 1.45. The highest BCUT2D eigenvalue weighted by atomic mass is 16.5. The molecule has 5 nitrogen and oxygen atoms in total. The van der Waals surface area contributed by atoms with Crippen LogP contribution < -0.4 is 0 Å². The first-order chi connectivity index (χ1) is 8.63. The van der Waals surface area contributed by atoms with Crippen LogP contribution >= 0.6 is 0 Å². The average Bonchev–Trinajstić information content (AvgIpc) is 2.70. The van der Waals surface area contributed by atoms with E-state index in [1.54, 1.807) is 0 Å². The van der Waals surface area contributed by atoms with Crippen molar-refractivity contribution < 1.29 is 14.1 Å². The Bertz CT molecular complexity index is 408. The SMILES string of the molecule is COC(=O)C1CCCCN1Cc1c(C)noc1C. The van der Waals surface area contributed by atoms with Crippen LogP contribution in [-0.4, -0.2) is 35.7 Å². The van der Waals surface area contributed by atoms with Gasteiger partial charge in [0.1, 0.15) is 11.8 Å². The maximum atomic E-state index is 11.8. The zero-order valence-electron chi connectivity index (χ0n) is 11.2. The van der Waals surface area contributed by atoms with E-state index in [2.05, 4.69) is 10.1 Å². The lowest BCUT2D eigenvalue weighted by molar-refractivity contribution is -0.148. The lowest BCUT2D eigenvalue weighted by atomic mass is 10.0. The number of piperidine rings is 1. The molecule has 18 heavy (non-hydrogen) atoms. The predicted molar refractivity (Wildman–Crippen MR) is 66.0 cm³/mol. The molecule has 1 aliphatic rings. The van der Waals surface area contributed by atoms with Crippen LogP contribution in [-0.2, 0) is 16.1 Å². The third-order valence-electron chi connectivity index (χ3n) is 3.63. The number of aryl methyl sites for hydroxylation is 2. The number of likely N-dealkylation sites (tertiary alicyclic amines) is 1. The lowest BCUT2D eigenvalue weighted by Gasteiger charge is -2.33. The third-order valence-corrected chi connectivity index (χ3v) is 3.63. The van der Waals surface area contributed by atoms with Gasteiger partial charge in [-0.3, -0.25) is 9.69 Å². The minimum atomic E-state index is -0.138. The van der Waals surface area contributed by atoms with Crippen molar-refractivity contribution in [3.8, 4) is 0 Å². The maximum Gasteiger partial charge on any atom is 0.323 e. The Morgan fingerprint density at radius 2 is 2.28 bits per heavy atom. The van der Waals surface area contributed by atoms with Gasteiger partial charge in [-0.05, 0) is 33.2 Å². The predicted octanol–water partition coefficient (Wildman–Crippen LogP) is 1.82. The topological polar surface area (TPSA) is 55.6 Å².